The molecule has 0 spiro atoms. The van der Waals surface area contributed by atoms with Crippen LogP contribution < -0.4 is 21.9 Å². The number of nitrogens with one attached hydrogen (secondary N) is 1. The summed E-state index contributed by atoms with van der Waals surface area (Å²) in [6, 6.07) is 16.6. The van der Waals surface area contributed by atoms with Crippen molar-refractivity contribution >= 4 is 50.4 Å². The lowest BCUT2D eigenvalue weighted by molar-refractivity contribution is 0.0987. The smallest absolute Gasteiger partial charge is 0.330 e. The molecule has 2 heterocycles. The van der Waals surface area contributed by atoms with Crippen LogP contribution in [-0.4, -0.2) is 35.7 Å². The highest BCUT2D eigenvalue weighted by Gasteiger charge is 2.28. The summed E-state index contributed by atoms with van der Waals surface area (Å²) < 4.78 is 7.23. The summed E-state index contributed by atoms with van der Waals surface area (Å²) >= 11 is 7.79. The molecule has 3 N–H and O–H groups in total. The van der Waals surface area contributed by atoms with Crippen LogP contribution in [0.3, 0.4) is 0 Å². The van der Waals surface area contributed by atoms with Crippen molar-refractivity contribution in [1.29, 1.82) is 0 Å². The van der Waals surface area contributed by atoms with Crippen LogP contribution in [0, 0.1) is 0 Å². The van der Waals surface area contributed by atoms with Gasteiger partial charge in [-0.3, -0.25) is 24.0 Å². The highest BCUT2D eigenvalue weighted by atomic mass is 35.5. The van der Waals surface area contributed by atoms with Crippen molar-refractivity contribution < 1.29 is 9.53 Å². The van der Waals surface area contributed by atoms with Gasteiger partial charge in [0.05, 0.1) is 11.6 Å². The summed E-state index contributed by atoms with van der Waals surface area (Å²) in [6.45, 7) is 0.651. The van der Waals surface area contributed by atoms with Crippen molar-refractivity contribution in [2.75, 3.05) is 30.9 Å². The zero-order valence-electron chi connectivity index (χ0n) is 18.4. The van der Waals surface area contributed by atoms with E-state index in [4.69, 9.17) is 22.1 Å². The van der Waals surface area contributed by atoms with E-state index in [2.05, 4.69) is 4.98 Å². The number of amides is 1. The minimum atomic E-state index is -0.741. The number of H-pyrrole nitrogens is 1. The number of fused-ring (bicyclic) bond motifs is 1. The molecule has 1 amide bonds. The van der Waals surface area contributed by atoms with Crippen molar-refractivity contribution in [2.45, 2.75) is 13.0 Å². The fourth-order valence-corrected chi connectivity index (χ4v) is 5.18. The number of methoxy groups -OCH3 is 1. The number of carbonyl (C=O) groups excluding carboxylic acids is 1. The highest BCUT2D eigenvalue weighted by Crippen LogP contribution is 2.36. The molecule has 0 saturated carbocycles. The Bertz CT molecular complexity index is 1450. The van der Waals surface area contributed by atoms with Gasteiger partial charge in [-0.25, -0.2) is 4.79 Å². The predicted octanol–water partition coefficient (Wildman–Crippen LogP) is 3.72. The molecule has 0 unspecified atom stereocenters. The molecule has 4 aromatic rings. The van der Waals surface area contributed by atoms with E-state index in [1.807, 2.05) is 54.6 Å². The number of thiophene rings is 1. The Kier molecular flexibility index (Phi) is 7.16. The monoisotopic (exact) mass is 498 g/mol. The predicted molar refractivity (Wildman–Crippen MR) is 136 cm³/mol. The molecule has 2 aromatic carbocycles. The number of nitrogens with zero attached hydrogens (tertiary/aromatic N) is 2. The molecular formula is C24H23ClN4O4S. The first-order chi connectivity index (χ1) is 16.4. The van der Waals surface area contributed by atoms with Gasteiger partial charge in [-0.1, -0.05) is 60.1 Å². The SMILES string of the molecule is COCCCN(C(=O)c1sc2ccccc2c1Cl)c1c(N)n(Cc2ccccc2)c(=O)[nH]c1=O. The Morgan fingerprint density at radius 3 is 2.56 bits per heavy atom. The molecular weight excluding hydrogens is 476 g/mol. The van der Waals surface area contributed by atoms with Gasteiger partial charge in [0.2, 0.25) is 0 Å². The van der Waals surface area contributed by atoms with E-state index in [0.717, 1.165) is 15.6 Å². The van der Waals surface area contributed by atoms with Crippen LogP contribution in [0.1, 0.15) is 21.7 Å². The van der Waals surface area contributed by atoms with E-state index in [1.54, 1.807) is 7.11 Å². The molecule has 176 valence electrons. The Morgan fingerprint density at radius 1 is 1.15 bits per heavy atom. The zero-order chi connectivity index (χ0) is 24.2. The summed E-state index contributed by atoms with van der Waals surface area (Å²) in [7, 11) is 1.55. The molecule has 0 fully saturated rings. The lowest BCUT2D eigenvalue weighted by atomic mass is 10.2. The van der Waals surface area contributed by atoms with Gasteiger partial charge < -0.3 is 10.5 Å². The van der Waals surface area contributed by atoms with Gasteiger partial charge in [0.1, 0.15) is 10.7 Å². The minimum absolute atomic E-state index is 0.0924. The first-order valence-corrected chi connectivity index (χ1v) is 11.8. The van der Waals surface area contributed by atoms with E-state index in [0.29, 0.717) is 22.9 Å². The average Bonchev–Trinajstić information content (AvgIpc) is 3.17. The average molecular weight is 499 g/mol. The maximum absolute atomic E-state index is 13.7. The van der Waals surface area contributed by atoms with Crippen LogP contribution in [0.5, 0.6) is 0 Å². The second-order valence-electron chi connectivity index (χ2n) is 7.61. The fraction of sp³-hybridized carbons (Fsp3) is 0.208. The van der Waals surface area contributed by atoms with Crippen LogP contribution in [0.15, 0.2) is 64.2 Å². The van der Waals surface area contributed by atoms with E-state index < -0.39 is 17.2 Å². The number of carbonyl (C=O) groups is 1. The molecule has 2 aromatic heterocycles. The van der Waals surface area contributed by atoms with Gasteiger partial charge in [0.25, 0.3) is 11.5 Å². The van der Waals surface area contributed by atoms with Crippen molar-refractivity contribution in [3.05, 3.63) is 90.9 Å². The summed E-state index contributed by atoms with van der Waals surface area (Å²) in [5.74, 6) is -0.565. The topological polar surface area (TPSA) is 110 Å². The number of benzene rings is 2. The van der Waals surface area contributed by atoms with Gasteiger partial charge in [-0.2, -0.15) is 0 Å². The third kappa shape index (κ3) is 4.63. The Balaban J connectivity index is 1.82. The molecule has 4 rings (SSSR count). The van der Waals surface area contributed by atoms with Crippen LogP contribution >= 0.6 is 22.9 Å². The quantitative estimate of drug-likeness (QED) is 0.360. The number of anilines is 2. The number of hydrogen-bond donors (Lipinski definition) is 2. The second-order valence-corrected chi connectivity index (χ2v) is 9.04. The van der Waals surface area contributed by atoms with E-state index in [-0.39, 0.29) is 24.6 Å². The molecule has 0 radical (unpaired) electrons. The van der Waals surface area contributed by atoms with E-state index in [1.165, 1.54) is 20.8 Å². The Hall–Kier alpha value is -3.40. The van der Waals surface area contributed by atoms with Crippen molar-refractivity contribution in [3.8, 4) is 0 Å². The molecule has 8 nitrogen and oxygen atoms in total. The number of rotatable bonds is 8. The number of ether oxygens (including phenoxy) is 1. The first-order valence-electron chi connectivity index (χ1n) is 10.6. The number of halogens is 1. The lowest BCUT2D eigenvalue weighted by Crippen LogP contribution is -2.41. The zero-order valence-corrected chi connectivity index (χ0v) is 20.0. The van der Waals surface area contributed by atoms with Gasteiger partial charge in [0.15, 0.2) is 5.69 Å². The maximum Gasteiger partial charge on any atom is 0.330 e. The molecule has 0 aliphatic heterocycles. The number of hydrogen-bond acceptors (Lipinski definition) is 6. The highest BCUT2D eigenvalue weighted by molar-refractivity contribution is 7.21. The largest absolute Gasteiger partial charge is 0.385 e. The molecule has 0 aliphatic carbocycles. The molecule has 0 atom stereocenters. The number of nitrogens with two attached hydrogens (primary N) is 1. The summed E-state index contributed by atoms with van der Waals surface area (Å²) in [5.41, 5.74) is 5.69. The second kappa shape index (κ2) is 10.3. The maximum atomic E-state index is 13.7. The third-order valence-corrected chi connectivity index (χ3v) is 7.04. The van der Waals surface area contributed by atoms with Gasteiger partial charge in [-0.05, 0) is 18.1 Å². The van der Waals surface area contributed by atoms with Crippen molar-refractivity contribution in [2.24, 2.45) is 0 Å². The third-order valence-electron chi connectivity index (χ3n) is 5.37. The molecule has 0 bridgehead atoms. The van der Waals surface area contributed by atoms with Crippen LogP contribution in [0.4, 0.5) is 11.5 Å². The molecule has 34 heavy (non-hydrogen) atoms. The van der Waals surface area contributed by atoms with Gasteiger partial charge >= 0.3 is 5.69 Å². The Morgan fingerprint density at radius 2 is 1.85 bits per heavy atom. The van der Waals surface area contributed by atoms with Gasteiger partial charge in [0, 0.05) is 30.3 Å². The number of aromatic nitrogens is 2. The summed E-state index contributed by atoms with van der Waals surface area (Å²) in [6.07, 6.45) is 0.446. The van der Waals surface area contributed by atoms with Crippen molar-refractivity contribution in [3.63, 3.8) is 0 Å². The standard InChI is InChI=1S/C24H23ClN4O4S/c1-33-13-7-12-28(23(31)20-18(25)16-10-5-6-11-17(16)34-20)19-21(26)29(24(32)27-22(19)30)14-15-8-3-2-4-9-15/h2-6,8-11H,7,12-14,26H2,1H3,(H,27,30,32). The minimum Gasteiger partial charge on any atom is -0.385 e. The number of aromatic amines is 1. The molecule has 10 heteroatoms. The van der Waals surface area contributed by atoms with Gasteiger partial charge in [-0.15, -0.1) is 11.3 Å². The van der Waals surface area contributed by atoms with E-state index in [9.17, 15) is 14.4 Å². The molecule has 0 aliphatic rings. The first kappa shape index (κ1) is 23.7. The summed E-state index contributed by atoms with van der Waals surface area (Å²) in [4.78, 5) is 43.1. The molecule has 0 saturated heterocycles. The van der Waals surface area contributed by atoms with Crippen LogP contribution in [0.25, 0.3) is 10.1 Å². The van der Waals surface area contributed by atoms with Crippen LogP contribution in [0.2, 0.25) is 5.02 Å². The Labute approximate surface area is 204 Å². The lowest BCUT2D eigenvalue weighted by Gasteiger charge is -2.24. The fourth-order valence-electron chi connectivity index (χ4n) is 3.72. The normalized spacial score (nSPS) is 11.1. The van der Waals surface area contributed by atoms with Crippen molar-refractivity contribution in [1.82, 2.24) is 9.55 Å². The number of nitrogen functional groups attached to an aromatic ring is 1. The summed E-state index contributed by atoms with van der Waals surface area (Å²) in [5, 5.41) is 1.07. The van der Waals surface area contributed by atoms with E-state index >= 15 is 0 Å². The van der Waals surface area contributed by atoms with Crippen LogP contribution in [-0.2, 0) is 11.3 Å².